The fourth-order valence-electron chi connectivity index (χ4n) is 7.51. The van der Waals surface area contributed by atoms with Crippen LogP contribution in [0.1, 0.15) is 146 Å². The maximum absolute atomic E-state index is 3.99. The Morgan fingerprint density at radius 2 is 0.955 bits per heavy atom. The van der Waals surface area contributed by atoms with E-state index in [0.29, 0.717) is 5.92 Å². The van der Waals surface area contributed by atoms with Gasteiger partial charge in [0.15, 0.2) is 0 Å². The minimum absolute atomic E-state index is 0.308. The SMILES string of the molecule is C=C/C(=C\C)CC.C=Cc1cc2cccc(C(C)c3ccc(C)c4ccccc34)c2cc1/C=C\C.CC.CC.CC.CCC.Cc1ccc(C)cc1.Cc1cccc2cc3ccccc3cc12. The van der Waals surface area contributed by atoms with Crippen molar-refractivity contribution < 1.29 is 0 Å². The van der Waals surface area contributed by atoms with Gasteiger partial charge in [0.1, 0.15) is 0 Å². The van der Waals surface area contributed by atoms with Gasteiger partial charge in [0.2, 0.25) is 0 Å². The molecule has 0 nitrogen and oxygen atoms in total. The van der Waals surface area contributed by atoms with Crippen molar-refractivity contribution in [2.24, 2.45) is 0 Å². The quantitative estimate of drug-likeness (QED) is 0.115. The highest BCUT2D eigenvalue weighted by molar-refractivity contribution is 5.99. The molecule has 0 spiro atoms. The lowest BCUT2D eigenvalue weighted by molar-refractivity contribution is 0.943. The summed E-state index contributed by atoms with van der Waals surface area (Å²) < 4.78 is 0. The molecule has 0 fully saturated rings. The Hall–Kier alpha value is -6.24. The summed E-state index contributed by atoms with van der Waals surface area (Å²) in [6.07, 6.45) is 12.5. The number of rotatable bonds is 6. The molecule has 0 aromatic heterocycles. The third-order valence-electron chi connectivity index (χ3n) is 11.0. The van der Waals surface area contributed by atoms with Crippen LogP contribution in [-0.2, 0) is 0 Å². The third-order valence-corrected chi connectivity index (χ3v) is 11.0. The molecule has 0 saturated heterocycles. The van der Waals surface area contributed by atoms with Crippen molar-refractivity contribution in [3.63, 3.8) is 0 Å². The molecule has 0 saturated carbocycles. The first-order valence-corrected chi connectivity index (χ1v) is 25.0. The molecule has 0 radical (unpaired) electrons. The van der Waals surface area contributed by atoms with E-state index in [1.807, 2.05) is 60.6 Å². The largest absolute Gasteiger partial charge is 0.0988 e. The molecule has 1 atom stereocenters. The zero-order valence-corrected chi connectivity index (χ0v) is 44.6. The van der Waals surface area contributed by atoms with Crippen LogP contribution < -0.4 is 0 Å². The lowest BCUT2D eigenvalue weighted by Crippen LogP contribution is -1.99. The molecular weight excluding hydrogens is 805 g/mol. The average Bonchev–Trinajstić information content (AvgIpc) is 3.37. The standard InChI is InChI=1S/C28H26.C15H12.C8H10.C7H12.C3H8.3C2H6/c1-5-10-22-18-28-23(17-21(22)6-2)11-9-14-25(28)20(4)26-16-15-19(3)24-12-7-8-13-27(24)26;1-11-5-4-8-14-9-12-6-2-3-7-13(12)10-15(11)14;1-7-3-5-8(2)6-4-7;1-4-7(5-2)6-3;1-3-2;3*1-2/h5-18,20H,2H2,1,3-4H3;2-10H,1H3;3-6H,1-2H3;4-5H,1,6H2,2-3H3;3H2,1-2H3;3*1-2H3/b10-5-;;;7-5+;;;;. The van der Waals surface area contributed by atoms with E-state index in [0.717, 1.165) is 6.42 Å². The summed E-state index contributed by atoms with van der Waals surface area (Å²) in [5, 5.41) is 10.6. The fraction of sp³-hybridized carbons (Fsp3) is 0.284. The zero-order valence-electron chi connectivity index (χ0n) is 44.6. The first kappa shape index (κ1) is 58.8. The van der Waals surface area contributed by atoms with E-state index in [4.69, 9.17) is 0 Å². The van der Waals surface area contributed by atoms with Gasteiger partial charge in [-0.2, -0.15) is 0 Å². The second kappa shape index (κ2) is 33.3. The van der Waals surface area contributed by atoms with Crippen molar-refractivity contribution in [1.82, 2.24) is 0 Å². The monoisotopic (exact) mass is 891 g/mol. The molecule has 8 aromatic carbocycles. The van der Waals surface area contributed by atoms with Gasteiger partial charge in [-0.15, -0.1) is 0 Å². The maximum atomic E-state index is 3.99. The summed E-state index contributed by atoms with van der Waals surface area (Å²) in [6, 6.07) is 52.5. The number of fused-ring (bicyclic) bond motifs is 4. The fourth-order valence-corrected chi connectivity index (χ4v) is 7.51. The second-order valence-corrected chi connectivity index (χ2v) is 15.8. The van der Waals surface area contributed by atoms with Crippen LogP contribution in [0.5, 0.6) is 0 Å². The van der Waals surface area contributed by atoms with Crippen LogP contribution in [-0.4, -0.2) is 0 Å². The summed E-state index contributed by atoms with van der Waals surface area (Å²) in [5.41, 5.74) is 11.8. The Bertz CT molecular complexity index is 2700. The highest BCUT2D eigenvalue weighted by atomic mass is 14.2. The van der Waals surface area contributed by atoms with Gasteiger partial charge in [-0.05, 0) is 149 Å². The first-order chi connectivity index (χ1) is 32.5. The molecule has 8 rings (SSSR count). The summed E-state index contributed by atoms with van der Waals surface area (Å²) in [5.74, 6) is 0.308. The Labute approximate surface area is 409 Å². The average molecular weight is 891 g/mol. The van der Waals surface area contributed by atoms with E-state index in [9.17, 15) is 0 Å². The van der Waals surface area contributed by atoms with Crippen LogP contribution in [0.25, 0.3) is 55.2 Å². The Balaban J connectivity index is 0.000000481. The van der Waals surface area contributed by atoms with E-state index < -0.39 is 0 Å². The lowest BCUT2D eigenvalue weighted by Gasteiger charge is -2.19. The van der Waals surface area contributed by atoms with Crippen LogP contribution in [0.3, 0.4) is 0 Å². The Kier molecular flexibility index (Phi) is 29.2. The molecule has 8 aromatic rings. The smallest absolute Gasteiger partial charge is 0.00733 e. The van der Waals surface area contributed by atoms with Crippen molar-refractivity contribution in [2.45, 2.75) is 130 Å². The van der Waals surface area contributed by atoms with Crippen molar-refractivity contribution in [3.8, 4) is 0 Å². The van der Waals surface area contributed by atoms with Gasteiger partial charge < -0.3 is 0 Å². The Morgan fingerprint density at radius 1 is 0.478 bits per heavy atom. The molecule has 0 aliphatic carbocycles. The summed E-state index contributed by atoms with van der Waals surface area (Å²) in [6.45, 7) is 41.0. The Morgan fingerprint density at radius 3 is 1.46 bits per heavy atom. The van der Waals surface area contributed by atoms with Crippen LogP contribution in [0.4, 0.5) is 0 Å². The highest BCUT2D eigenvalue weighted by Crippen LogP contribution is 2.36. The number of benzene rings is 8. The van der Waals surface area contributed by atoms with Crippen LogP contribution in [0.15, 0.2) is 183 Å². The van der Waals surface area contributed by atoms with Gasteiger partial charge in [-0.1, -0.05) is 257 Å². The van der Waals surface area contributed by atoms with Crippen LogP contribution in [0.2, 0.25) is 0 Å². The number of allylic oxidation sites excluding steroid dienone is 4. The lowest BCUT2D eigenvalue weighted by atomic mass is 9.85. The third kappa shape index (κ3) is 17.8. The molecule has 0 aliphatic heterocycles. The highest BCUT2D eigenvalue weighted by Gasteiger charge is 2.16. The molecule has 0 N–H and O–H groups in total. The van der Waals surface area contributed by atoms with E-state index in [-0.39, 0.29) is 0 Å². The summed E-state index contributed by atoms with van der Waals surface area (Å²) in [7, 11) is 0. The molecule has 0 aliphatic rings. The van der Waals surface area contributed by atoms with Crippen LogP contribution in [0, 0.1) is 27.7 Å². The van der Waals surface area contributed by atoms with Gasteiger partial charge in [0, 0.05) is 5.92 Å². The minimum atomic E-state index is 0.308. The van der Waals surface area contributed by atoms with E-state index in [1.165, 1.54) is 99.6 Å². The molecule has 0 heterocycles. The second-order valence-electron chi connectivity index (χ2n) is 15.8. The van der Waals surface area contributed by atoms with Gasteiger partial charge >= 0.3 is 0 Å². The van der Waals surface area contributed by atoms with E-state index in [2.05, 4.69) is 239 Å². The van der Waals surface area contributed by atoms with Crippen molar-refractivity contribution in [2.75, 3.05) is 0 Å². The van der Waals surface area contributed by atoms with Crippen molar-refractivity contribution in [3.05, 3.63) is 227 Å². The van der Waals surface area contributed by atoms with Crippen molar-refractivity contribution in [1.29, 1.82) is 0 Å². The first-order valence-electron chi connectivity index (χ1n) is 25.0. The van der Waals surface area contributed by atoms with Crippen molar-refractivity contribution >= 4 is 55.2 Å². The van der Waals surface area contributed by atoms with Crippen LogP contribution >= 0.6 is 0 Å². The van der Waals surface area contributed by atoms with E-state index >= 15 is 0 Å². The van der Waals surface area contributed by atoms with Gasteiger partial charge in [0.05, 0.1) is 0 Å². The number of aryl methyl sites for hydroxylation is 4. The van der Waals surface area contributed by atoms with Gasteiger partial charge in [-0.3, -0.25) is 0 Å². The van der Waals surface area contributed by atoms with Gasteiger partial charge in [0.25, 0.3) is 0 Å². The van der Waals surface area contributed by atoms with Gasteiger partial charge in [-0.25, -0.2) is 0 Å². The molecule has 0 heteroatoms. The molecule has 67 heavy (non-hydrogen) atoms. The maximum Gasteiger partial charge on any atom is 0.00733 e. The summed E-state index contributed by atoms with van der Waals surface area (Å²) >= 11 is 0. The molecule has 354 valence electrons. The topological polar surface area (TPSA) is 0 Å². The van der Waals surface area contributed by atoms with E-state index in [1.54, 1.807) is 0 Å². The zero-order chi connectivity index (χ0) is 50.3. The molecular formula is C67H86. The number of hydrogen-bond donors (Lipinski definition) is 0. The minimum Gasteiger partial charge on any atom is -0.0988 e. The summed E-state index contributed by atoms with van der Waals surface area (Å²) in [4.78, 5) is 0. The predicted molar refractivity (Wildman–Crippen MR) is 311 cm³/mol. The molecule has 0 bridgehead atoms. The predicted octanol–water partition coefficient (Wildman–Crippen LogP) is 21.8. The normalized spacial score (nSPS) is 10.6. The molecule has 0 amide bonds. The number of hydrogen-bond acceptors (Lipinski definition) is 0. The molecule has 1 unspecified atom stereocenters.